The van der Waals surface area contributed by atoms with Crippen LogP contribution in [0.1, 0.15) is 10.4 Å². The number of nitrogens with zero attached hydrogens (tertiary/aromatic N) is 2. The van der Waals surface area contributed by atoms with E-state index in [-0.39, 0.29) is 27.9 Å². The van der Waals surface area contributed by atoms with Crippen molar-refractivity contribution < 1.29 is 27.1 Å². The highest BCUT2D eigenvalue weighted by Gasteiger charge is 2.20. The van der Waals surface area contributed by atoms with Gasteiger partial charge in [-0.2, -0.15) is 0 Å². The van der Waals surface area contributed by atoms with Crippen LogP contribution in [0.25, 0.3) is 11.5 Å². The van der Waals surface area contributed by atoms with Crippen LogP contribution in [0, 0.1) is 0 Å². The van der Waals surface area contributed by atoms with Gasteiger partial charge in [-0.1, -0.05) is 17.2 Å². The molecular formula is C18H17N3O6S. The maximum absolute atomic E-state index is 12.5. The zero-order chi connectivity index (χ0) is 20.3. The van der Waals surface area contributed by atoms with E-state index in [2.05, 4.69) is 15.5 Å². The summed E-state index contributed by atoms with van der Waals surface area (Å²) in [7, 11) is -0.552. The lowest BCUT2D eigenvalue weighted by Crippen LogP contribution is -2.12. The number of hydrogen-bond acceptors (Lipinski definition) is 8. The van der Waals surface area contributed by atoms with Gasteiger partial charge in [0.15, 0.2) is 9.84 Å². The summed E-state index contributed by atoms with van der Waals surface area (Å²) in [4.78, 5) is 12.5. The molecule has 0 radical (unpaired) electrons. The molecule has 0 fully saturated rings. The molecule has 0 spiro atoms. The number of ether oxygens (including phenoxy) is 2. The van der Waals surface area contributed by atoms with E-state index in [1.165, 1.54) is 32.4 Å². The quantitative estimate of drug-likeness (QED) is 0.666. The molecule has 10 heteroatoms. The number of aromatic nitrogens is 2. The third kappa shape index (κ3) is 4.12. The van der Waals surface area contributed by atoms with Crippen molar-refractivity contribution in [2.24, 2.45) is 0 Å². The molecule has 1 heterocycles. The number of carbonyl (C=O) groups is 1. The van der Waals surface area contributed by atoms with Crippen LogP contribution in [0.4, 0.5) is 6.01 Å². The van der Waals surface area contributed by atoms with E-state index in [4.69, 9.17) is 13.9 Å². The van der Waals surface area contributed by atoms with Crippen molar-refractivity contribution in [2.75, 3.05) is 25.8 Å². The molecule has 0 aliphatic carbocycles. The molecule has 0 bridgehead atoms. The molecule has 3 rings (SSSR count). The van der Waals surface area contributed by atoms with Gasteiger partial charge in [-0.3, -0.25) is 10.1 Å². The zero-order valence-corrected chi connectivity index (χ0v) is 16.1. The Morgan fingerprint density at radius 1 is 1.04 bits per heavy atom. The first-order valence-corrected chi connectivity index (χ1v) is 9.88. The molecule has 1 aromatic heterocycles. The van der Waals surface area contributed by atoms with Crippen molar-refractivity contribution in [3.05, 3.63) is 48.0 Å². The van der Waals surface area contributed by atoms with E-state index >= 15 is 0 Å². The molecule has 0 unspecified atom stereocenters. The molecule has 28 heavy (non-hydrogen) atoms. The van der Waals surface area contributed by atoms with Gasteiger partial charge in [0, 0.05) is 17.9 Å². The molecule has 0 saturated heterocycles. The Labute approximate surface area is 161 Å². The summed E-state index contributed by atoms with van der Waals surface area (Å²) in [6, 6.07) is 10.7. The topological polar surface area (TPSA) is 121 Å². The molecule has 1 amide bonds. The van der Waals surface area contributed by atoms with Crippen LogP contribution in [-0.2, 0) is 9.84 Å². The predicted octanol–water partition coefficient (Wildman–Crippen LogP) is 2.41. The summed E-state index contributed by atoms with van der Waals surface area (Å²) in [5, 5.41) is 10.1. The highest BCUT2D eigenvalue weighted by atomic mass is 32.2. The molecule has 0 aliphatic heterocycles. The summed E-state index contributed by atoms with van der Waals surface area (Å²) in [6.07, 6.45) is 1.08. The van der Waals surface area contributed by atoms with E-state index in [9.17, 15) is 13.2 Å². The molecule has 146 valence electrons. The first-order chi connectivity index (χ1) is 13.3. The first-order valence-electron chi connectivity index (χ1n) is 7.99. The Morgan fingerprint density at radius 3 is 2.29 bits per heavy atom. The Morgan fingerprint density at radius 2 is 1.68 bits per heavy atom. The standard InChI is InChI=1S/C18H17N3O6S/c1-25-12-8-11(9-13(10-12)26-2)16(22)19-18-21-20-17(27-18)14-6-4-5-7-15(14)28(3,23)24/h4-10H,1-3H3,(H,19,21,22). The number of amides is 1. The van der Waals surface area contributed by atoms with Crippen LogP contribution >= 0.6 is 0 Å². The van der Waals surface area contributed by atoms with Crippen molar-refractivity contribution in [3.8, 4) is 23.0 Å². The third-order valence-corrected chi connectivity index (χ3v) is 4.93. The van der Waals surface area contributed by atoms with Gasteiger partial charge in [0.2, 0.25) is 0 Å². The van der Waals surface area contributed by atoms with Gasteiger partial charge in [-0.15, -0.1) is 5.10 Å². The summed E-state index contributed by atoms with van der Waals surface area (Å²) in [6.45, 7) is 0. The summed E-state index contributed by atoms with van der Waals surface area (Å²) >= 11 is 0. The molecule has 0 saturated carbocycles. The van der Waals surface area contributed by atoms with Gasteiger partial charge in [-0.05, 0) is 24.3 Å². The molecule has 2 aromatic carbocycles. The summed E-state index contributed by atoms with van der Waals surface area (Å²) < 4.78 is 39.6. The van der Waals surface area contributed by atoms with Crippen molar-refractivity contribution >= 4 is 21.8 Å². The van der Waals surface area contributed by atoms with E-state index in [0.29, 0.717) is 11.5 Å². The summed E-state index contributed by atoms with van der Waals surface area (Å²) in [5.74, 6) is 0.332. The number of hydrogen-bond donors (Lipinski definition) is 1. The van der Waals surface area contributed by atoms with Crippen LogP contribution in [0.2, 0.25) is 0 Å². The van der Waals surface area contributed by atoms with Crippen molar-refractivity contribution in [2.45, 2.75) is 4.90 Å². The fourth-order valence-corrected chi connectivity index (χ4v) is 3.34. The van der Waals surface area contributed by atoms with E-state index in [1.54, 1.807) is 24.3 Å². The lowest BCUT2D eigenvalue weighted by Gasteiger charge is -2.07. The number of rotatable bonds is 6. The smallest absolute Gasteiger partial charge is 0.322 e. The lowest BCUT2D eigenvalue weighted by atomic mass is 10.2. The van der Waals surface area contributed by atoms with Gasteiger partial charge in [0.1, 0.15) is 11.5 Å². The first kappa shape index (κ1) is 19.4. The Balaban J connectivity index is 1.88. The molecule has 0 atom stereocenters. The van der Waals surface area contributed by atoms with E-state index in [1.807, 2.05) is 0 Å². The van der Waals surface area contributed by atoms with Crippen molar-refractivity contribution in [1.29, 1.82) is 0 Å². The molecule has 1 N–H and O–H groups in total. The van der Waals surface area contributed by atoms with Crippen LogP contribution < -0.4 is 14.8 Å². The van der Waals surface area contributed by atoms with E-state index in [0.717, 1.165) is 6.26 Å². The van der Waals surface area contributed by atoms with Gasteiger partial charge in [0.25, 0.3) is 11.8 Å². The normalized spacial score (nSPS) is 11.1. The monoisotopic (exact) mass is 403 g/mol. The van der Waals surface area contributed by atoms with Gasteiger partial charge < -0.3 is 13.9 Å². The maximum Gasteiger partial charge on any atom is 0.322 e. The number of carbonyl (C=O) groups excluding carboxylic acids is 1. The highest BCUT2D eigenvalue weighted by Crippen LogP contribution is 2.28. The van der Waals surface area contributed by atoms with Crippen LogP contribution in [0.3, 0.4) is 0 Å². The van der Waals surface area contributed by atoms with Crippen molar-refractivity contribution in [1.82, 2.24) is 10.2 Å². The second-order valence-corrected chi connectivity index (χ2v) is 7.72. The van der Waals surface area contributed by atoms with E-state index < -0.39 is 15.7 Å². The maximum atomic E-state index is 12.5. The largest absolute Gasteiger partial charge is 0.497 e. The zero-order valence-electron chi connectivity index (χ0n) is 15.3. The van der Waals surface area contributed by atoms with Crippen LogP contribution in [0.5, 0.6) is 11.5 Å². The molecule has 9 nitrogen and oxygen atoms in total. The second kappa shape index (κ2) is 7.69. The van der Waals surface area contributed by atoms with Crippen molar-refractivity contribution in [3.63, 3.8) is 0 Å². The average Bonchev–Trinajstić information content (AvgIpc) is 3.15. The molecular weight excluding hydrogens is 386 g/mol. The molecule has 3 aromatic rings. The lowest BCUT2D eigenvalue weighted by molar-refractivity contribution is 0.102. The Bertz CT molecular complexity index is 1100. The van der Waals surface area contributed by atoms with Gasteiger partial charge >= 0.3 is 6.01 Å². The minimum atomic E-state index is -3.50. The Kier molecular flexibility index (Phi) is 5.32. The van der Waals surface area contributed by atoms with Gasteiger partial charge in [-0.25, -0.2) is 8.42 Å². The number of anilines is 1. The predicted molar refractivity (Wildman–Crippen MR) is 100 cm³/mol. The fourth-order valence-electron chi connectivity index (χ4n) is 2.46. The number of nitrogens with one attached hydrogen (secondary N) is 1. The highest BCUT2D eigenvalue weighted by molar-refractivity contribution is 7.90. The minimum Gasteiger partial charge on any atom is -0.497 e. The number of sulfone groups is 1. The van der Waals surface area contributed by atoms with Crippen LogP contribution in [-0.4, -0.2) is 45.0 Å². The van der Waals surface area contributed by atoms with Crippen LogP contribution in [0.15, 0.2) is 51.8 Å². The van der Waals surface area contributed by atoms with Gasteiger partial charge in [0.05, 0.1) is 24.7 Å². The summed E-state index contributed by atoms with van der Waals surface area (Å²) in [5.41, 5.74) is 0.508. The minimum absolute atomic E-state index is 0.0282. The number of methoxy groups -OCH3 is 2. The second-order valence-electron chi connectivity index (χ2n) is 5.74. The number of benzene rings is 2. The Hall–Kier alpha value is -3.40. The average molecular weight is 403 g/mol. The SMILES string of the molecule is COc1cc(OC)cc(C(=O)Nc2nnc(-c3ccccc3S(C)(=O)=O)o2)c1. The molecule has 0 aliphatic rings. The third-order valence-electron chi connectivity index (χ3n) is 3.78. The fraction of sp³-hybridized carbons (Fsp3) is 0.167.